The molecule has 0 spiro atoms. The van der Waals surface area contributed by atoms with E-state index in [9.17, 15) is 32.9 Å². The Kier molecular flexibility index (Phi) is 10.8. The van der Waals surface area contributed by atoms with Crippen LogP contribution in [-0.4, -0.2) is 34.4 Å². The number of pyridine rings is 1. The first kappa shape index (κ1) is 29.0. The molecule has 13 heteroatoms. The number of hydrogen-bond donors (Lipinski definition) is 2. The van der Waals surface area contributed by atoms with E-state index in [4.69, 9.17) is 9.47 Å². The second-order valence-corrected chi connectivity index (χ2v) is 7.48. The third kappa shape index (κ3) is 8.72. The van der Waals surface area contributed by atoms with Crippen LogP contribution >= 0.6 is 0 Å². The van der Waals surface area contributed by atoms with Crippen LogP contribution < -0.4 is 15.6 Å². The van der Waals surface area contributed by atoms with Crippen LogP contribution in [0.25, 0.3) is 0 Å². The zero-order valence-electron chi connectivity index (χ0n) is 19.6. The highest BCUT2D eigenvalue weighted by Crippen LogP contribution is 2.38. The molecule has 0 aliphatic heterocycles. The highest BCUT2D eigenvalue weighted by molar-refractivity contribution is 5.97. The van der Waals surface area contributed by atoms with Crippen molar-refractivity contribution in [1.29, 1.82) is 0 Å². The molecule has 2 rings (SSSR count). The molecule has 1 aromatic carbocycles. The zero-order chi connectivity index (χ0) is 27.4. The lowest BCUT2D eigenvalue weighted by Crippen LogP contribution is -2.47. The van der Waals surface area contributed by atoms with Crippen LogP contribution in [0.1, 0.15) is 40.9 Å². The summed E-state index contributed by atoms with van der Waals surface area (Å²) in [6.45, 7) is 6.82. The van der Waals surface area contributed by atoms with Crippen molar-refractivity contribution in [2.75, 3.05) is 6.61 Å². The normalized spacial score (nSPS) is 11.8. The molecule has 0 fully saturated rings. The SMILES string of the molecule is C=CCCOc1nc(C(=O)NNC(=O)C(CCC=C)OCc2ccccc2)c([N+](=O)[O-])cc1C(F)(F)F. The van der Waals surface area contributed by atoms with Crippen LogP contribution in [-0.2, 0) is 22.3 Å². The minimum atomic E-state index is -5.04. The molecule has 0 bridgehead atoms. The number of hydrazine groups is 1. The summed E-state index contributed by atoms with van der Waals surface area (Å²) in [5.74, 6) is -3.14. The first-order valence-electron chi connectivity index (χ1n) is 10.9. The number of allylic oxidation sites excluding steroid dienone is 1. The van der Waals surface area contributed by atoms with E-state index in [2.05, 4.69) is 23.6 Å². The first-order valence-corrected chi connectivity index (χ1v) is 10.9. The molecule has 1 atom stereocenters. The predicted octanol–water partition coefficient (Wildman–Crippen LogP) is 4.28. The molecule has 1 aromatic heterocycles. The smallest absolute Gasteiger partial charge is 0.421 e. The quantitative estimate of drug-likeness (QED) is 0.174. The molecular weight excluding hydrogens is 497 g/mol. The standard InChI is InChI=1S/C24H25F3N4O6/c1-3-5-12-19(37-15-16-10-8-7-9-11-16)21(32)29-30-22(33)20-18(31(34)35)14-17(24(25,26)27)23(28-20)36-13-6-4-2/h3-4,7-11,14,19H,1-2,5-6,12-13,15H2,(H,29,32)(H,30,33). The first-order chi connectivity index (χ1) is 17.6. The summed E-state index contributed by atoms with van der Waals surface area (Å²) in [5, 5.41) is 11.4. The second kappa shape index (κ2) is 13.7. The van der Waals surface area contributed by atoms with E-state index in [1.165, 1.54) is 6.08 Å². The summed E-state index contributed by atoms with van der Waals surface area (Å²) in [6.07, 6.45) is -2.37. The van der Waals surface area contributed by atoms with Crippen molar-refractivity contribution < 1.29 is 37.2 Å². The number of aromatic nitrogens is 1. The molecule has 1 unspecified atom stereocenters. The summed E-state index contributed by atoms with van der Waals surface area (Å²) < 4.78 is 50.9. The van der Waals surface area contributed by atoms with E-state index in [1.54, 1.807) is 30.3 Å². The topological polar surface area (TPSA) is 133 Å². The molecule has 0 saturated heterocycles. The number of nitrogens with one attached hydrogen (secondary N) is 2. The molecule has 2 N–H and O–H groups in total. The van der Waals surface area contributed by atoms with Gasteiger partial charge in [-0.3, -0.25) is 30.6 Å². The fourth-order valence-electron chi connectivity index (χ4n) is 2.93. The van der Waals surface area contributed by atoms with E-state index in [0.29, 0.717) is 6.42 Å². The van der Waals surface area contributed by atoms with Gasteiger partial charge < -0.3 is 9.47 Å². The Hall–Kier alpha value is -4.26. The monoisotopic (exact) mass is 522 g/mol. The fraction of sp³-hybridized carbons (Fsp3) is 0.292. The Morgan fingerprint density at radius 3 is 2.41 bits per heavy atom. The number of ether oxygens (including phenoxy) is 2. The molecule has 0 radical (unpaired) electrons. The van der Waals surface area contributed by atoms with Crippen molar-refractivity contribution in [2.45, 2.75) is 38.1 Å². The second-order valence-electron chi connectivity index (χ2n) is 7.48. The number of amides is 2. The third-order valence-electron chi connectivity index (χ3n) is 4.76. The lowest BCUT2D eigenvalue weighted by Gasteiger charge is -2.18. The molecule has 37 heavy (non-hydrogen) atoms. The van der Waals surface area contributed by atoms with Gasteiger partial charge >= 0.3 is 11.9 Å². The van der Waals surface area contributed by atoms with Crippen LogP contribution in [0.5, 0.6) is 5.88 Å². The number of alkyl halides is 3. The van der Waals surface area contributed by atoms with Gasteiger partial charge in [0.15, 0.2) is 0 Å². The predicted molar refractivity (Wildman–Crippen MR) is 126 cm³/mol. The van der Waals surface area contributed by atoms with Gasteiger partial charge in [-0.15, -0.1) is 13.2 Å². The van der Waals surface area contributed by atoms with Crippen molar-refractivity contribution in [1.82, 2.24) is 15.8 Å². The highest BCUT2D eigenvalue weighted by Gasteiger charge is 2.39. The minimum absolute atomic E-state index is 0.0847. The minimum Gasteiger partial charge on any atom is -0.477 e. The molecule has 2 amide bonds. The van der Waals surface area contributed by atoms with E-state index in [-0.39, 0.29) is 32.1 Å². The Morgan fingerprint density at radius 1 is 1.14 bits per heavy atom. The van der Waals surface area contributed by atoms with Crippen LogP contribution in [0.3, 0.4) is 0 Å². The maximum Gasteiger partial charge on any atom is 0.421 e. The zero-order valence-corrected chi connectivity index (χ0v) is 19.6. The van der Waals surface area contributed by atoms with Gasteiger partial charge in [0.1, 0.15) is 11.7 Å². The summed E-state index contributed by atoms with van der Waals surface area (Å²) >= 11 is 0. The molecule has 1 heterocycles. The summed E-state index contributed by atoms with van der Waals surface area (Å²) in [4.78, 5) is 38.9. The summed E-state index contributed by atoms with van der Waals surface area (Å²) in [7, 11) is 0. The Balaban J connectivity index is 2.22. The van der Waals surface area contributed by atoms with Crippen molar-refractivity contribution in [3.8, 4) is 5.88 Å². The number of nitro groups is 1. The van der Waals surface area contributed by atoms with E-state index >= 15 is 0 Å². The molecule has 2 aromatic rings. The molecule has 0 aliphatic carbocycles. The van der Waals surface area contributed by atoms with Crippen molar-refractivity contribution >= 4 is 17.5 Å². The van der Waals surface area contributed by atoms with Gasteiger partial charge in [-0.1, -0.05) is 42.5 Å². The van der Waals surface area contributed by atoms with Crippen LogP contribution in [0, 0.1) is 10.1 Å². The van der Waals surface area contributed by atoms with Gasteiger partial charge in [0.2, 0.25) is 11.6 Å². The third-order valence-corrected chi connectivity index (χ3v) is 4.76. The van der Waals surface area contributed by atoms with Crippen molar-refractivity contribution in [3.63, 3.8) is 0 Å². The maximum absolute atomic E-state index is 13.4. The highest BCUT2D eigenvalue weighted by atomic mass is 19.4. The van der Waals surface area contributed by atoms with Gasteiger partial charge in [0, 0.05) is 6.07 Å². The van der Waals surface area contributed by atoms with Gasteiger partial charge in [-0.25, -0.2) is 4.98 Å². The van der Waals surface area contributed by atoms with Gasteiger partial charge in [0.25, 0.3) is 11.8 Å². The number of benzene rings is 1. The van der Waals surface area contributed by atoms with E-state index < -0.39 is 51.8 Å². The van der Waals surface area contributed by atoms with Gasteiger partial charge in [-0.05, 0) is 24.8 Å². The summed E-state index contributed by atoms with van der Waals surface area (Å²) in [5.41, 5.74) is 1.06. The van der Waals surface area contributed by atoms with Crippen molar-refractivity contribution in [2.24, 2.45) is 0 Å². The van der Waals surface area contributed by atoms with Crippen LogP contribution in [0.2, 0.25) is 0 Å². The number of carbonyl (C=O) groups excluding carboxylic acids is 2. The fourth-order valence-corrected chi connectivity index (χ4v) is 2.93. The van der Waals surface area contributed by atoms with E-state index in [1.807, 2.05) is 11.5 Å². The Labute approximate surface area is 210 Å². The van der Waals surface area contributed by atoms with Crippen LogP contribution in [0.4, 0.5) is 18.9 Å². The van der Waals surface area contributed by atoms with Crippen molar-refractivity contribution in [3.05, 3.63) is 88.6 Å². The van der Waals surface area contributed by atoms with Gasteiger partial charge in [-0.2, -0.15) is 13.2 Å². The summed E-state index contributed by atoms with van der Waals surface area (Å²) in [6, 6.07) is 9.12. The number of rotatable bonds is 13. The number of nitrogens with zero attached hydrogens (tertiary/aromatic N) is 2. The molecule has 0 saturated carbocycles. The number of hydrogen-bond acceptors (Lipinski definition) is 7. The molecule has 198 valence electrons. The Bertz CT molecular complexity index is 1130. The Morgan fingerprint density at radius 2 is 1.81 bits per heavy atom. The molecule has 0 aliphatic rings. The molecule has 10 nitrogen and oxygen atoms in total. The lowest BCUT2D eigenvalue weighted by atomic mass is 10.1. The van der Waals surface area contributed by atoms with Gasteiger partial charge in [0.05, 0.1) is 18.1 Å². The number of carbonyl (C=O) groups is 2. The average Bonchev–Trinajstić information content (AvgIpc) is 2.86. The molecular formula is C24H25F3N4O6. The van der Waals surface area contributed by atoms with E-state index in [0.717, 1.165) is 5.56 Å². The lowest BCUT2D eigenvalue weighted by molar-refractivity contribution is -0.385. The number of halogens is 3. The van der Waals surface area contributed by atoms with Crippen LogP contribution in [0.15, 0.2) is 61.7 Å². The maximum atomic E-state index is 13.4. The largest absolute Gasteiger partial charge is 0.477 e. The average molecular weight is 522 g/mol.